The third kappa shape index (κ3) is 6.11. The SMILES string of the molecule is Cc1ccc(-c2ccc3c(c2)C=C(C(=O)Nc2ccc(CN4CCC(C5C=Nc6ccc(O)cc65)CC4)cc2)CCC3)cc1. The molecule has 5 heteroatoms. The molecular weight excluding hydrogens is 542 g/mol. The zero-order chi connectivity index (χ0) is 30.0. The van der Waals surface area contributed by atoms with Crippen molar-refractivity contribution in [2.75, 3.05) is 18.4 Å². The van der Waals surface area contributed by atoms with Gasteiger partial charge in [0.1, 0.15) is 5.75 Å². The maximum atomic E-state index is 13.3. The number of amides is 1. The molecule has 2 N–H and O–H groups in total. The van der Waals surface area contributed by atoms with E-state index in [9.17, 15) is 9.90 Å². The number of aryl methyl sites for hydroxylation is 2. The Morgan fingerprint density at radius 3 is 2.48 bits per heavy atom. The highest BCUT2D eigenvalue weighted by atomic mass is 16.3. The van der Waals surface area contributed by atoms with Crippen LogP contribution in [0.3, 0.4) is 0 Å². The molecule has 44 heavy (non-hydrogen) atoms. The van der Waals surface area contributed by atoms with Gasteiger partial charge in [-0.1, -0.05) is 54.1 Å². The summed E-state index contributed by atoms with van der Waals surface area (Å²) in [6.07, 6.45) is 9.11. The Kier molecular flexibility index (Phi) is 7.88. The second-order valence-electron chi connectivity index (χ2n) is 12.6. The highest BCUT2D eigenvalue weighted by Gasteiger charge is 2.30. The van der Waals surface area contributed by atoms with E-state index in [2.05, 4.69) is 89.0 Å². The van der Waals surface area contributed by atoms with Crippen LogP contribution in [0.25, 0.3) is 17.2 Å². The monoisotopic (exact) mass is 581 g/mol. The lowest BCUT2D eigenvalue weighted by Crippen LogP contribution is -2.35. The van der Waals surface area contributed by atoms with Crippen molar-refractivity contribution >= 4 is 29.6 Å². The van der Waals surface area contributed by atoms with E-state index in [1.807, 2.05) is 24.3 Å². The van der Waals surface area contributed by atoms with Gasteiger partial charge in [0.05, 0.1) is 5.69 Å². The number of benzene rings is 4. The molecule has 1 fully saturated rings. The summed E-state index contributed by atoms with van der Waals surface area (Å²) >= 11 is 0. The Hall–Kier alpha value is -4.48. The van der Waals surface area contributed by atoms with Gasteiger partial charge < -0.3 is 10.4 Å². The zero-order valence-electron chi connectivity index (χ0n) is 25.3. The first-order chi connectivity index (χ1) is 21.5. The van der Waals surface area contributed by atoms with E-state index in [1.54, 1.807) is 6.07 Å². The lowest BCUT2D eigenvalue weighted by atomic mass is 9.81. The number of aromatic hydroxyl groups is 1. The Balaban J connectivity index is 0.955. The number of aliphatic imine (C=N–C) groups is 1. The third-order valence-electron chi connectivity index (χ3n) is 9.55. The Bertz CT molecular complexity index is 1730. The number of nitrogens with one attached hydrogen (secondary N) is 1. The molecule has 2 heterocycles. The van der Waals surface area contributed by atoms with Crippen molar-refractivity contribution in [3.8, 4) is 16.9 Å². The smallest absolute Gasteiger partial charge is 0.251 e. The van der Waals surface area contributed by atoms with Crippen molar-refractivity contribution < 1.29 is 9.90 Å². The van der Waals surface area contributed by atoms with Crippen molar-refractivity contribution in [3.63, 3.8) is 0 Å². The topological polar surface area (TPSA) is 64.9 Å². The number of phenolic OH excluding ortho intramolecular Hbond substituents is 1. The van der Waals surface area contributed by atoms with Crippen LogP contribution >= 0.6 is 0 Å². The molecule has 222 valence electrons. The number of likely N-dealkylation sites (tertiary alicyclic amines) is 1. The van der Waals surface area contributed by atoms with Crippen LogP contribution in [-0.2, 0) is 17.8 Å². The van der Waals surface area contributed by atoms with Crippen molar-refractivity contribution in [2.24, 2.45) is 10.9 Å². The average molecular weight is 582 g/mol. The van der Waals surface area contributed by atoms with Crippen LogP contribution in [0.1, 0.15) is 59.4 Å². The number of rotatable bonds is 6. The number of carbonyl (C=O) groups is 1. The van der Waals surface area contributed by atoms with Gasteiger partial charge in [0, 0.05) is 29.9 Å². The van der Waals surface area contributed by atoms with Crippen LogP contribution < -0.4 is 5.32 Å². The minimum atomic E-state index is -0.0150. The zero-order valence-corrected chi connectivity index (χ0v) is 25.3. The van der Waals surface area contributed by atoms with Gasteiger partial charge in [-0.15, -0.1) is 0 Å². The van der Waals surface area contributed by atoms with Gasteiger partial charge in [0.25, 0.3) is 5.91 Å². The minimum absolute atomic E-state index is 0.0150. The minimum Gasteiger partial charge on any atom is -0.508 e. The fourth-order valence-electron chi connectivity index (χ4n) is 6.97. The van der Waals surface area contributed by atoms with Gasteiger partial charge in [-0.3, -0.25) is 14.7 Å². The highest BCUT2D eigenvalue weighted by molar-refractivity contribution is 6.07. The number of hydrogen-bond donors (Lipinski definition) is 2. The summed E-state index contributed by atoms with van der Waals surface area (Å²) in [6, 6.07) is 29.1. The molecule has 1 atom stereocenters. The first kappa shape index (κ1) is 28.3. The van der Waals surface area contributed by atoms with Crippen LogP contribution in [0.15, 0.2) is 95.5 Å². The highest BCUT2D eigenvalue weighted by Crippen LogP contribution is 2.42. The maximum Gasteiger partial charge on any atom is 0.251 e. The first-order valence-corrected chi connectivity index (χ1v) is 15.9. The van der Waals surface area contributed by atoms with E-state index in [0.717, 1.165) is 79.8 Å². The van der Waals surface area contributed by atoms with Crippen LogP contribution in [0.5, 0.6) is 5.75 Å². The quantitative estimate of drug-likeness (QED) is 0.240. The molecule has 0 aromatic heterocycles. The summed E-state index contributed by atoms with van der Waals surface area (Å²) in [4.78, 5) is 20.5. The molecule has 0 bridgehead atoms. The molecule has 1 amide bonds. The standard InChI is InChI=1S/C39H39N3O2/c1-26-5-9-29(10-6-26)31-12-11-28-3-2-4-32(22-33(28)21-31)39(44)41-34-13-7-27(8-14-34)25-42-19-17-30(18-20-42)37-24-40-38-16-15-35(43)23-36(37)38/h5-16,21-24,30,37,43H,2-4,17-20,25H2,1H3,(H,41,44). The molecule has 1 aliphatic carbocycles. The Morgan fingerprint density at radius 2 is 1.68 bits per heavy atom. The molecule has 4 aromatic rings. The van der Waals surface area contributed by atoms with E-state index in [1.165, 1.54) is 27.8 Å². The molecule has 1 unspecified atom stereocenters. The van der Waals surface area contributed by atoms with Gasteiger partial charge in [0.2, 0.25) is 0 Å². The largest absolute Gasteiger partial charge is 0.508 e. The summed E-state index contributed by atoms with van der Waals surface area (Å²) in [7, 11) is 0. The van der Waals surface area contributed by atoms with Gasteiger partial charge in [-0.2, -0.15) is 0 Å². The molecule has 7 rings (SSSR count). The number of piperidine rings is 1. The Labute approximate surface area is 260 Å². The summed E-state index contributed by atoms with van der Waals surface area (Å²) in [6.45, 7) is 5.10. The van der Waals surface area contributed by atoms with Gasteiger partial charge in [-0.05, 0) is 134 Å². The first-order valence-electron chi connectivity index (χ1n) is 15.9. The number of carbonyl (C=O) groups excluding carboxylic acids is 1. The normalized spacial score (nSPS) is 18.3. The number of fused-ring (bicyclic) bond motifs is 2. The van der Waals surface area contributed by atoms with Crippen molar-refractivity contribution in [1.29, 1.82) is 0 Å². The summed E-state index contributed by atoms with van der Waals surface area (Å²) in [5, 5.41) is 13.1. The van der Waals surface area contributed by atoms with Crippen LogP contribution in [0.4, 0.5) is 11.4 Å². The second kappa shape index (κ2) is 12.3. The van der Waals surface area contributed by atoms with Gasteiger partial charge >= 0.3 is 0 Å². The molecule has 1 saturated heterocycles. The molecule has 0 radical (unpaired) electrons. The predicted octanol–water partition coefficient (Wildman–Crippen LogP) is 8.44. The van der Waals surface area contributed by atoms with E-state index < -0.39 is 0 Å². The van der Waals surface area contributed by atoms with E-state index in [0.29, 0.717) is 17.6 Å². The molecule has 2 aliphatic heterocycles. The Morgan fingerprint density at radius 1 is 0.909 bits per heavy atom. The lowest BCUT2D eigenvalue weighted by Gasteiger charge is -2.34. The maximum absolute atomic E-state index is 13.3. The van der Waals surface area contributed by atoms with E-state index in [-0.39, 0.29) is 5.91 Å². The van der Waals surface area contributed by atoms with Crippen LogP contribution in [0.2, 0.25) is 0 Å². The number of hydrogen-bond acceptors (Lipinski definition) is 4. The third-order valence-corrected chi connectivity index (χ3v) is 9.55. The fraction of sp³-hybridized carbons (Fsp3) is 0.282. The van der Waals surface area contributed by atoms with Crippen molar-refractivity contribution in [3.05, 3.63) is 118 Å². The molecule has 0 spiro atoms. The van der Waals surface area contributed by atoms with Crippen molar-refractivity contribution in [1.82, 2.24) is 4.90 Å². The second-order valence-corrected chi connectivity index (χ2v) is 12.6. The van der Waals surface area contributed by atoms with Gasteiger partial charge in [-0.25, -0.2) is 0 Å². The lowest BCUT2D eigenvalue weighted by molar-refractivity contribution is -0.112. The van der Waals surface area contributed by atoms with Crippen LogP contribution in [-0.4, -0.2) is 35.2 Å². The average Bonchev–Trinajstić information content (AvgIpc) is 3.33. The number of phenols is 1. The number of nitrogens with zero attached hydrogens (tertiary/aromatic N) is 2. The molecule has 4 aromatic carbocycles. The summed E-state index contributed by atoms with van der Waals surface area (Å²) in [5.41, 5.74) is 11.2. The molecule has 0 saturated carbocycles. The van der Waals surface area contributed by atoms with E-state index in [4.69, 9.17) is 0 Å². The summed E-state index contributed by atoms with van der Waals surface area (Å²) < 4.78 is 0. The fourth-order valence-corrected chi connectivity index (χ4v) is 6.97. The van der Waals surface area contributed by atoms with Gasteiger partial charge in [0.15, 0.2) is 0 Å². The number of anilines is 1. The molecular formula is C39H39N3O2. The van der Waals surface area contributed by atoms with E-state index >= 15 is 0 Å². The van der Waals surface area contributed by atoms with Crippen LogP contribution in [0, 0.1) is 12.8 Å². The predicted molar refractivity (Wildman–Crippen MR) is 180 cm³/mol. The summed E-state index contributed by atoms with van der Waals surface area (Å²) in [5.74, 6) is 1.16. The molecule has 3 aliphatic rings. The molecule has 5 nitrogen and oxygen atoms in total. The van der Waals surface area contributed by atoms with Crippen molar-refractivity contribution in [2.45, 2.75) is 51.5 Å².